The topological polar surface area (TPSA) is 18.5 Å². The Balaban J connectivity index is 1.36. The molecule has 0 saturated carbocycles. The maximum atomic E-state index is 15.0. The van der Waals surface area contributed by atoms with Crippen molar-refractivity contribution in [3.05, 3.63) is 101 Å². The van der Waals surface area contributed by atoms with E-state index >= 15 is 8.78 Å². The third-order valence-corrected chi connectivity index (χ3v) is 7.15. The van der Waals surface area contributed by atoms with Gasteiger partial charge in [0, 0.05) is 6.61 Å². The van der Waals surface area contributed by atoms with Crippen LogP contribution < -0.4 is 4.74 Å². The van der Waals surface area contributed by atoms with Crippen LogP contribution in [0.1, 0.15) is 53.7 Å². The number of alkyl halides is 2. The smallest absolute Gasteiger partial charge is 0.426 e. The van der Waals surface area contributed by atoms with Crippen LogP contribution in [0.3, 0.4) is 0 Å². The van der Waals surface area contributed by atoms with Crippen molar-refractivity contribution in [2.24, 2.45) is 5.92 Å². The number of benzene rings is 4. The van der Waals surface area contributed by atoms with Gasteiger partial charge in [-0.25, -0.2) is 0 Å². The first-order chi connectivity index (χ1) is 17.2. The zero-order valence-corrected chi connectivity index (χ0v) is 21.3. The number of rotatable bonds is 5. The van der Waals surface area contributed by atoms with Crippen molar-refractivity contribution in [3.8, 4) is 16.9 Å². The van der Waals surface area contributed by atoms with E-state index < -0.39 is 6.11 Å². The number of ether oxygens (including phenoxy) is 2. The van der Waals surface area contributed by atoms with Gasteiger partial charge in [-0.1, -0.05) is 61.0 Å². The fraction of sp³-hybridized carbons (Fsp3) is 0.312. The molecule has 1 aliphatic heterocycles. The molecular formula is C32H32F2O2. The molecule has 0 N–H and O–H groups in total. The van der Waals surface area contributed by atoms with Gasteiger partial charge in [-0.05, 0) is 102 Å². The Morgan fingerprint density at radius 1 is 0.806 bits per heavy atom. The maximum absolute atomic E-state index is 15.0. The van der Waals surface area contributed by atoms with Gasteiger partial charge in [-0.3, -0.25) is 0 Å². The summed E-state index contributed by atoms with van der Waals surface area (Å²) in [5, 5.41) is 1.86. The summed E-state index contributed by atoms with van der Waals surface area (Å²) >= 11 is 0. The largest absolute Gasteiger partial charge is 0.429 e. The molecule has 0 amide bonds. The monoisotopic (exact) mass is 486 g/mol. The molecule has 0 bridgehead atoms. The van der Waals surface area contributed by atoms with E-state index in [1.54, 1.807) is 24.3 Å². The maximum Gasteiger partial charge on any atom is 0.426 e. The second-order valence-corrected chi connectivity index (χ2v) is 10.2. The van der Waals surface area contributed by atoms with Gasteiger partial charge >= 0.3 is 6.11 Å². The molecule has 2 nitrogen and oxygen atoms in total. The number of hydrogen-bond acceptors (Lipinski definition) is 2. The fourth-order valence-electron chi connectivity index (χ4n) is 5.23. The molecular weight excluding hydrogens is 454 g/mol. The van der Waals surface area contributed by atoms with Crippen molar-refractivity contribution in [1.29, 1.82) is 0 Å². The van der Waals surface area contributed by atoms with Crippen molar-refractivity contribution in [3.63, 3.8) is 0 Å². The highest BCUT2D eigenvalue weighted by atomic mass is 19.3. The van der Waals surface area contributed by atoms with Gasteiger partial charge in [-0.15, -0.1) is 0 Å². The van der Waals surface area contributed by atoms with Crippen molar-refractivity contribution < 1.29 is 18.3 Å². The SMILES string of the molecule is Cc1ccc2cc(OC(F)(F)c3ccc(-c4c(C)cc(C5CCC(C)CO5)cc4C)cc3)ccc2c1. The van der Waals surface area contributed by atoms with Gasteiger partial charge in [0.1, 0.15) is 5.75 Å². The summed E-state index contributed by atoms with van der Waals surface area (Å²) in [5.74, 6) is 0.746. The molecule has 1 saturated heterocycles. The van der Waals surface area contributed by atoms with Gasteiger partial charge in [0.25, 0.3) is 0 Å². The predicted octanol–water partition coefficient (Wildman–Crippen LogP) is 9.05. The van der Waals surface area contributed by atoms with Crippen LogP contribution in [-0.4, -0.2) is 6.61 Å². The first-order valence-electron chi connectivity index (χ1n) is 12.6. The summed E-state index contributed by atoms with van der Waals surface area (Å²) in [6.45, 7) is 9.16. The van der Waals surface area contributed by atoms with Crippen LogP contribution in [0.15, 0.2) is 72.8 Å². The van der Waals surface area contributed by atoms with Crippen molar-refractivity contribution in [2.45, 2.75) is 52.7 Å². The van der Waals surface area contributed by atoms with Gasteiger partial charge in [0.2, 0.25) is 0 Å². The quantitative estimate of drug-likeness (QED) is 0.280. The molecule has 0 aromatic heterocycles. The summed E-state index contributed by atoms with van der Waals surface area (Å²) in [6, 6.07) is 21.7. The Morgan fingerprint density at radius 3 is 2.14 bits per heavy atom. The average Bonchev–Trinajstić information content (AvgIpc) is 2.84. The highest BCUT2D eigenvalue weighted by Crippen LogP contribution is 2.37. The molecule has 1 fully saturated rings. The second-order valence-electron chi connectivity index (χ2n) is 10.2. The standard InChI is InChI=1S/C32H32F2O2/c1-20-5-7-26-18-29(13-10-25(26)15-20)36-32(33,34)28-11-8-24(9-12-28)31-22(3)16-27(17-23(31)4)30-14-6-21(2)19-35-30/h5,7-13,15-18,21,30H,6,14,19H2,1-4H3. The molecule has 1 aliphatic rings. The number of halogens is 2. The molecule has 0 spiro atoms. The highest BCUT2D eigenvalue weighted by Gasteiger charge is 2.34. The highest BCUT2D eigenvalue weighted by molar-refractivity contribution is 5.84. The first-order valence-corrected chi connectivity index (χ1v) is 12.6. The lowest BCUT2D eigenvalue weighted by molar-refractivity contribution is -0.185. The van der Waals surface area contributed by atoms with E-state index in [1.165, 1.54) is 24.1 Å². The lowest BCUT2D eigenvalue weighted by Gasteiger charge is -2.28. The first kappa shape index (κ1) is 24.5. The van der Waals surface area contributed by atoms with E-state index in [-0.39, 0.29) is 17.4 Å². The Kier molecular flexibility index (Phi) is 6.57. The van der Waals surface area contributed by atoms with Crippen molar-refractivity contribution in [1.82, 2.24) is 0 Å². The normalized spacial score (nSPS) is 18.4. The van der Waals surface area contributed by atoms with Crippen molar-refractivity contribution in [2.75, 3.05) is 6.61 Å². The number of hydrogen-bond donors (Lipinski definition) is 0. The van der Waals surface area contributed by atoms with Crippen LogP contribution in [0.5, 0.6) is 5.75 Å². The van der Waals surface area contributed by atoms with Crippen LogP contribution in [0, 0.1) is 26.7 Å². The molecule has 2 unspecified atom stereocenters. The zero-order valence-electron chi connectivity index (χ0n) is 21.3. The van der Waals surface area contributed by atoms with Crippen LogP contribution in [-0.2, 0) is 10.8 Å². The molecule has 2 atom stereocenters. The van der Waals surface area contributed by atoms with E-state index in [0.29, 0.717) is 5.92 Å². The molecule has 4 aromatic carbocycles. The molecule has 5 rings (SSSR count). The molecule has 186 valence electrons. The van der Waals surface area contributed by atoms with E-state index in [1.807, 2.05) is 31.2 Å². The second kappa shape index (κ2) is 9.67. The minimum Gasteiger partial charge on any atom is -0.429 e. The van der Waals surface area contributed by atoms with E-state index in [0.717, 1.165) is 51.6 Å². The molecule has 4 heteroatoms. The Labute approximate surface area is 211 Å². The van der Waals surface area contributed by atoms with E-state index in [2.05, 4.69) is 32.9 Å². The molecule has 0 radical (unpaired) electrons. The van der Waals surface area contributed by atoms with Crippen LogP contribution >= 0.6 is 0 Å². The summed E-state index contributed by atoms with van der Waals surface area (Å²) in [4.78, 5) is 0. The van der Waals surface area contributed by atoms with Gasteiger partial charge in [0.05, 0.1) is 11.7 Å². The Hall–Kier alpha value is -3.24. The van der Waals surface area contributed by atoms with Crippen molar-refractivity contribution >= 4 is 10.8 Å². The van der Waals surface area contributed by atoms with Gasteiger partial charge in [-0.2, -0.15) is 8.78 Å². The number of fused-ring (bicyclic) bond motifs is 1. The van der Waals surface area contributed by atoms with Gasteiger partial charge < -0.3 is 9.47 Å². The predicted molar refractivity (Wildman–Crippen MR) is 142 cm³/mol. The lowest BCUT2D eigenvalue weighted by atomic mass is 9.89. The van der Waals surface area contributed by atoms with E-state index in [4.69, 9.17) is 9.47 Å². The Morgan fingerprint density at radius 2 is 1.47 bits per heavy atom. The third kappa shape index (κ3) is 5.01. The summed E-state index contributed by atoms with van der Waals surface area (Å²) in [6.07, 6.45) is -1.12. The zero-order chi connectivity index (χ0) is 25.4. The average molecular weight is 487 g/mol. The molecule has 4 aromatic rings. The number of aryl methyl sites for hydroxylation is 3. The van der Waals surface area contributed by atoms with Crippen LogP contribution in [0.2, 0.25) is 0 Å². The van der Waals surface area contributed by atoms with Crippen LogP contribution in [0.25, 0.3) is 21.9 Å². The summed E-state index contributed by atoms with van der Waals surface area (Å²) < 4.78 is 41.3. The Bertz CT molecular complexity index is 1360. The summed E-state index contributed by atoms with van der Waals surface area (Å²) in [7, 11) is 0. The third-order valence-electron chi connectivity index (χ3n) is 7.15. The van der Waals surface area contributed by atoms with Gasteiger partial charge in [0.15, 0.2) is 0 Å². The fourth-order valence-corrected chi connectivity index (χ4v) is 5.23. The lowest BCUT2D eigenvalue weighted by Crippen LogP contribution is -2.21. The summed E-state index contributed by atoms with van der Waals surface area (Å²) in [5.41, 5.74) is 6.37. The molecule has 0 aliphatic carbocycles. The van der Waals surface area contributed by atoms with E-state index in [9.17, 15) is 0 Å². The molecule has 1 heterocycles. The minimum atomic E-state index is -3.44. The minimum absolute atomic E-state index is 0.130. The van der Waals surface area contributed by atoms with Crippen LogP contribution in [0.4, 0.5) is 8.78 Å². The molecule has 36 heavy (non-hydrogen) atoms.